The summed E-state index contributed by atoms with van der Waals surface area (Å²) in [4.78, 5) is 38.8. The van der Waals surface area contributed by atoms with Gasteiger partial charge in [-0.05, 0) is 17.7 Å². The van der Waals surface area contributed by atoms with Gasteiger partial charge in [-0.2, -0.15) is 4.99 Å². The van der Waals surface area contributed by atoms with Gasteiger partial charge in [-0.25, -0.2) is 0 Å². The number of aromatic nitrogens is 1. The van der Waals surface area contributed by atoms with Crippen molar-refractivity contribution in [1.29, 1.82) is 0 Å². The standard InChI is InChI=1S/C19H15N3O5S/c1-27-18(24)12-21-15-9-8-14(22(25)26)11-16(15)28-19(21)20-17(23)10-7-13-5-3-2-4-6-13/h2-11H,12H2,1H3. The predicted molar refractivity (Wildman–Crippen MR) is 105 cm³/mol. The number of fused-ring (bicyclic) bond motifs is 1. The smallest absolute Gasteiger partial charge is 0.325 e. The fourth-order valence-corrected chi connectivity index (χ4v) is 3.54. The first-order chi connectivity index (χ1) is 13.5. The number of non-ortho nitro benzene ring substituents is 1. The van der Waals surface area contributed by atoms with Gasteiger partial charge in [-0.1, -0.05) is 41.7 Å². The number of carbonyl (C=O) groups excluding carboxylic acids is 2. The first kappa shape index (κ1) is 19.2. The number of methoxy groups -OCH3 is 1. The topological polar surface area (TPSA) is 104 Å². The molecule has 1 amide bonds. The lowest BCUT2D eigenvalue weighted by molar-refractivity contribution is -0.384. The molecule has 142 valence electrons. The summed E-state index contributed by atoms with van der Waals surface area (Å²) in [7, 11) is 1.26. The average Bonchev–Trinajstić information content (AvgIpc) is 3.03. The van der Waals surface area contributed by atoms with E-state index in [4.69, 9.17) is 4.74 Å². The third-order valence-electron chi connectivity index (χ3n) is 3.82. The summed E-state index contributed by atoms with van der Waals surface area (Å²) < 4.78 is 6.74. The van der Waals surface area contributed by atoms with Gasteiger partial charge < -0.3 is 9.30 Å². The number of benzene rings is 2. The molecule has 3 rings (SSSR count). The molecule has 8 nitrogen and oxygen atoms in total. The van der Waals surface area contributed by atoms with Crippen LogP contribution >= 0.6 is 11.3 Å². The number of nitro groups is 1. The van der Waals surface area contributed by atoms with Gasteiger partial charge in [-0.3, -0.25) is 19.7 Å². The van der Waals surface area contributed by atoms with Gasteiger partial charge in [0, 0.05) is 18.2 Å². The number of thiazole rings is 1. The molecule has 9 heteroatoms. The van der Waals surface area contributed by atoms with E-state index in [9.17, 15) is 19.7 Å². The van der Waals surface area contributed by atoms with E-state index in [-0.39, 0.29) is 17.0 Å². The Labute approximate surface area is 163 Å². The fraction of sp³-hybridized carbons (Fsp3) is 0.105. The van der Waals surface area contributed by atoms with Gasteiger partial charge in [0.2, 0.25) is 0 Å². The second kappa shape index (κ2) is 8.40. The molecule has 0 radical (unpaired) electrons. The molecule has 3 aromatic rings. The van der Waals surface area contributed by atoms with E-state index in [1.807, 2.05) is 30.3 Å². The number of nitrogens with zero attached hydrogens (tertiary/aromatic N) is 3. The fourth-order valence-electron chi connectivity index (χ4n) is 2.47. The highest BCUT2D eigenvalue weighted by atomic mass is 32.1. The number of carbonyl (C=O) groups is 2. The van der Waals surface area contributed by atoms with Gasteiger partial charge in [0.1, 0.15) is 6.54 Å². The Balaban J connectivity index is 2.04. The van der Waals surface area contributed by atoms with E-state index in [1.54, 1.807) is 6.08 Å². The van der Waals surface area contributed by atoms with Crippen molar-refractivity contribution in [3.8, 4) is 0 Å². The van der Waals surface area contributed by atoms with Crippen LogP contribution in [-0.4, -0.2) is 28.5 Å². The van der Waals surface area contributed by atoms with Gasteiger partial charge in [0.05, 0.1) is 22.2 Å². The molecule has 1 heterocycles. The molecule has 0 saturated heterocycles. The van der Waals surface area contributed by atoms with Crippen LogP contribution in [0.1, 0.15) is 5.56 Å². The van der Waals surface area contributed by atoms with Crippen molar-refractivity contribution in [2.45, 2.75) is 6.54 Å². The Morgan fingerprint density at radius 3 is 2.68 bits per heavy atom. The lowest BCUT2D eigenvalue weighted by atomic mass is 10.2. The van der Waals surface area contributed by atoms with Gasteiger partial charge in [0.25, 0.3) is 11.6 Å². The Morgan fingerprint density at radius 1 is 1.25 bits per heavy atom. The van der Waals surface area contributed by atoms with Crippen molar-refractivity contribution in [1.82, 2.24) is 4.57 Å². The number of hydrogen-bond acceptors (Lipinski definition) is 6. The zero-order chi connectivity index (χ0) is 20.1. The Bertz CT molecular complexity index is 1150. The van der Waals surface area contributed by atoms with E-state index in [0.717, 1.165) is 16.9 Å². The van der Waals surface area contributed by atoms with Crippen molar-refractivity contribution < 1.29 is 19.2 Å². The third-order valence-corrected chi connectivity index (χ3v) is 4.86. The summed E-state index contributed by atoms with van der Waals surface area (Å²) in [6, 6.07) is 13.5. The monoisotopic (exact) mass is 397 g/mol. The lowest BCUT2D eigenvalue weighted by Crippen LogP contribution is -2.22. The Morgan fingerprint density at radius 2 is 2.00 bits per heavy atom. The van der Waals surface area contributed by atoms with Gasteiger partial charge in [-0.15, -0.1) is 0 Å². The minimum Gasteiger partial charge on any atom is -0.468 e. The van der Waals surface area contributed by atoms with E-state index < -0.39 is 16.8 Å². The van der Waals surface area contributed by atoms with E-state index in [2.05, 4.69) is 4.99 Å². The Kier molecular flexibility index (Phi) is 5.75. The zero-order valence-corrected chi connectivity index (χ0v) is 15.6. The normalized spacial score (nSPS) is 11.8. The maximum absolute atomic E-state index is 12.3. The number of rotatable bonds is 5. The molecule has 0 fully saturated rings. The number of ether oxygens (including phenoxy) is 1. The van der Waals surface area contributed by atoms with E-state index >= 15 is 0 Å². The Hall–Kier alpha value is -3.59. The van der Waals surface area contributed by atoms with Crippen molar-refractivity contribution in [3.63, 3.8) is 0 Å². The zero-order valence-electron chi connectivity index (χ0n) is 14.8. The van der Waals surface area contributed by atoms with Crippen LogP contribution in [0.2, 0.25) is 0 Å². The highest BCUT2D eigenvalue weighted by Gasteiger charge is 2.14. The van der Waals surface area contributed by atoms with Crippen LogP contribution in [0.15, 0.2) is 59.6 Å². The van der Waals surface area contributed by atoms with Crippen LogP contribution in [0.3, 0.4) is 0 Å². The summed E-state index contributed by atoms with van der Waals surface area (Å²) in [5.74, 6) is -1.03. The summed E-state index contributed by atoms with van der Waals surface area (Å²) in [6.07, 6.45) is 2.96. The van der Waals surface area contributed by atoms with Crippen molar-refractivity contribution in [2.24, 2.45) is 4.99 Å². The second-order valence-electron chi connectivity index (χ2n) is 5.65. The minimum atomic E-state index is -0.522. The van der Waals surface area contributed by atoms with E-state index in [1.165, 1.54) is 36.0 Å². The van der Waals surface area contributed by atoms with Crippen molar-refractivity contribution >= 4 is 45.2 Å². The molecule has 0 N–H and O–H groups in total. The predicted octanol–water partition coefficient (Wildman–Crippen LogP) is 2.92. The maximum Gasteiger partial charge on any atom is 0.325 e. The minimum absolute atomic E-state index is 0.0826. The largest absolute Gasteiger partial charge is 0.468 e. The molecule has 1 aromatic heterocycles. The average molecular weight is 397 g/mol. The molecular weight excluding hydrogens is 382 g/mol. The number of nitro benzene ring substituents is 1. The molecule has 0 aliphatic heterocycles. The molecule has 0 saturated carbocycles. The van der Waals surface area contributed by atoms with Crippen LogP contribution in [0.4, 0.5) is 5.69 Å². The molecule has 0 atom stereocenters. The van der Waals surface area contributed by atoms with Crippen molar-refractivity contribution in [3.05, 3.63) is 75.1 Å². The maximum atomic E-state index is 12.3. The molecule has 0 bridgehead atoms. The lowest BCUT2D eigenvalue weighted by Gasteiger charge is -2.03. The third kappa shape index (κ3) is 4.38. The summed E-state index contributed by atoms with van der Waals surface area (Å²) >= 11 is 1.09. The van der Waals surface area contributed by atoms with Gasteiger partial charge in [0.15, 0.2) is 4.80 Å². The number of esters is 1. The first-order valence-electron chi connectivity index (χ1n) is 8.14. The van der Waals surface area contributed by atoms with Crippen LogP contribution < -0.4 is 4.80 Å². The number of amides is 1. The second-order valence-corrected chi connectivity index (χ2v) is 6.66. The molecule has 2 aromatic carbocycles. The number of hydrogen-bond donors (Lipinski definition) is 0. The molecule has 0 aliphatic rings. The quantitative estimate of drug-likeness (QED) is 0.285. The van der Waals surface area contributed by atoms with Crippen LogP contribution in [-0.2, 0) is 20.9 Å². The van der Waals surface area contributed by atoms with Crippen LogP contribution in [0, 0.1) is 10.1 Å². The molecular formula is C19H15N3O5S. The SMILES string of the molecule is COC(=O)Cn1c(=NC(=O)C=Cc2ccccc2)sc2cc([N+](=O)[O-])ccc21. The van der Waals surface area contributed by atoms with Crippen LogP contribution in [0.5, 0.6) is 0 Å². The molecule has 0 aliphatic carbocycles. The summed E-state index contributed by atoms with van der Waals surface area (Å²) in [5, 5.41) is 11.0. The summed E-state index contributed by atoms with van der Waals surface area (Å²) in [5.41, 5.74) is 1.32. The van der Waals surface area contributed by atoms with Crippen LogP contribution in [0.25, 0.3) is 16.3 Å². The molecule has 0 spiro atoms. The first-order valence-corrected chi connectivity index (χ1v) is 8.96. The summed E-state index contributed by atoms with van der Waals surface area (Å²) in [6.45, 7) is -0.164. The van der Waals surface area contributed by atoms with Gasteiger partial charge >= 0.3 is 5.97 Å². The van der Waals surface area contributed by atoms with Crippen molar-refractivity contribution in [2.75, 3.05) is 7.11 Å². The van der Waals surface area contributed by atoms with E-state index in [0.29, 0.717) is 10.2 Å². The highest BCUT2D eigenvalue weighted by Crippen LogP contribution is 2.23. The molecule has 28 heavy (non-hydrogen) atoms. The molecule has 0 unspecified atom stereocenters. The highest BCUT2D eigenvalue weighted by molar-refractivity contribution is 7.16.